The lowest BCUT2D eigenvalue weighted by Gasteiger charge is -2.25. The van der Waals surface area contributed by atoms with Crippen molar-refractivity contribution in [1.82, 2.24) is 5.43 Å². The number of rotatable bonds is 13. The van der Waals surface area contributed by atoms with E-state index in [-0.39, 0.29) is 23.1 Å². The smallest absolute Gasteiger partial charge is 0.264 e. The molecule has 4 aromatic carbocycles. The molecule has 0 heterocycles. The van der Waals surface area contributed by atoms with Crippen LogP contribution >= 0.6 is 0 Å². The summed E-state index contributed by atoms with van der Waals surface area (Å²) in [4.78, 5) is 25.2. The van der Waals surface area contributed by atoms with Crippen LogP contribution in [-0.2, 0) is 19.6 Å². The Labute approximate surface area is 257 Å². The van der Waals surface area contributed by atoms with Gasteiger partial charge in [-0.25, -0.2) is 13.8 Å². The van der Waals surface area contributed by atoms with Crippen molar-refractivity contribution < 1.29 is 27.5 Å². The monoisotopic (exact) mass is 614 g/mol. The third-order valence-corrected chi connectivity index (χ3v) is 8.09. The highest BCUT2D eigenvalue weighted by molar-refractivity contribution is 7.92. The molecule has 0 aliphatic rings. The standard InChI is InChI=1S/C33H34N4O6S/c1-4-42-31-8-6-5-7-30(31)37(44(40,41)29-19-11-25(3)12-20-29)22-32(38)36-34-21-26-13-17-28(18-14-26)43-23-33(39)35-27-15-9-24(2)10-16-27/h5-21H,4,22-23H2,1-3H3,(H,35,39)(H,36,38)/b34-21-. The number of hydrogen-bond acceptors (Lipinski definition) is 7. The van der Waals surface area contributed by atoms with E-state index in [2.05, 4.69) is 15.8 Å². The molecule has 0 radical (unpaired) electrons. The predicted molar refractivity (Wildman–Crippen MR) is 171 cm³/mol. The fourth-order valence-electron chi connectivity index (χ4n) is 4.06. The van der Waals surface area contributed by atoms with E-state index in [1.807, 2.05) is 38.1 Å². The van der Waals surface area contributed by atoms with E-state index in [1.165, 1.54) is 18.3 Å². The number of amides is 2. The molecule has 0 bridgehead atoms. The van der Waals surface area contributed by atoms with Gasteiger partial charge in [0.25, 0.3) is 21.8 Å². The normalized spacial score (nSPS) is 11.2. The minimum atomic E-state index is -4.12. The third kappa shape index (κ3) is 8.68. The lowest BCUT2D eigenvalue weighted by Crippen LogP contribution is -2.39. The molecule has 228 valence electrons. The molecule has 0 spiro atoms. The molecule has 0 fully saturated rings. The molecule has 4 aromatic rings. The topological polar surface area (TPSA) is 126 Å². The van der Waals surface area contributed by atoms with Crippen LogP contribution in [0.4, 0.5) is 11.4 Å². The van der Waals surface area contributed by atoms with Crippen molar-refractivity contribution in [3.8, 4) is 11.5 Å². The fraction of sp³-hybridized carbons (Fsp3) is 0.182. The van der Waals surface area contributed by atoms with E-state index in [0.29, 0.717) is 29.4 Å². The quantitative estimate of drug-likeness (QED) is 0.160. The van der Waals surface area contributed by atoms with Crippen molar-refractivity contribution in [3.05, 3.63) is 114 Å². The van der Waals surface area contributed by atoms with Crippen LogP contribution in [0.3, 0.4) is 0 Å². The van der Waals surface area contributed by atoms with E-state index in [1.54, 1.807) is 67.6 Å². The number of sulfonamides is 1. The molecule has 11 heteroatoms. The predicted octanol–water partition coefficient (Wildman–Crippen LogP) is 5.07. The third-order valence-electron chi connectivity index (χ3n) is 6.32. The van der Waals surface area contributed by atoms with Gasteiger partial charge in [-0.05, 0) is 87.0 Å². The zero-order valence-corrected chi connectivity index (χ0v) is 25.5. The van der Waals surface area contributed by atoms with Crippen molar-refractivity contribution in [2.45, 2.75) is 25.7 Å². The summed E-state index contributed by atoms with van der Waals surface area (Å²) in [5.74, 6) is -0.126. The Morgan fingerprint density at radius 2 is 1.45 bits per heavy atom. The number of carbonyl (C=O) groups excluding carboxylic acids is 2. The lowest BCUT2D eigenvalue weighted by molar-refractivity contribution is -0.119. The second-order valence-corrected chi connectivity index (χ2v) is 11.7. The molecule has 0 atom stereocenters. The van der Waals surface area contributed by atoms with Crippen molar-refractivity contribution in [3.63, 3.8) is 0 Å². The second-order valence-electron chi connectivity index (χ2n) is 9.79. The number of nitrogens with zero attached hydrogens (tertiary/aromatic N) is 2. The first kappa shape index (κ1) is 31.8. The Balaban J connectivity index is 1.38. The summed E-state index contributed by atoms with van der Waals surface area (Å²) in [6.07, 6.45) is 1.42. The van der Waals surface area contributed by atoms with Gasteiger partial charge in [-0.15, -0.1) is 0 Å². The molecule has 0 unspecified atom stereocenters. The fourth-order valence-corrected chi connectivity index (χ4v) is 5.49. The van der Waals surface area contributed by atoms with Gasteiger partial charge in [-0.2, -0.15) is 5.10 Å². The Bertz CT molecular complexity index is 1700. The summed E-state index contributed by atoms with van der Waals surface area (Å²) in [5.41, 5.74) is 5.96. The maximum atomic E-state index is 13.7. The maximum absolute atomic E-state index is 13.7. The number of hydrogen-bond donors (Lipinski definition) is 2. The zero-order valence-electron chi connectivity index (χ0n) is 24.7. The van der Waals surface area contributed by atoms with E-state index >= 15 is 0 Å². The van der Waals surface area contributed by atoms with Gasteiger partial charge in [0, 0.05) is 5.69 Å². The molecule has 4 rings (SSSR count). The molecule has 2 N–H and O–H groups in total. The molecule has 0 saturated carbocycles. The molecular weight excluding hydrogens is 580 g/mol. The lowest BCUT2D eigenvalue weighted by atomic mass is 10.2. The summed E-state index contributed by atoms with van der Waals surface area (Å²) in [6, 6.07) is 27.2. The zero-order chi connectivity index (χ0) is 31.5. The van der Waals surface area contributed by atoms with Crippen molar-refractivity contribution >= 4 is 39.4 Å². The average Bonchev–Trinajstić information content (AvgIpc) is 3.01. The van der Waals surface area contributed by atoms with Crippen LogP contribution < -0.4 is 24.5 Å². The van der Waals surface area contributed by atoms with E-state index in [4.69, 9.17) is 9.47 Å². The minimum Gasteiger partial charge on any atom is -0.492 e. The van der Waals surface area contributed by atoms with Gasteiger partial charge in [0.2, 0.25) is 0 Å². The van der Waals surface area contributed by atoms with Gasteiger partial charge in [-0.3, -0.25) is 13.9 Å². The summed E-state index contributed by atoms with van der Waals surface area (Å²) in [6.45, 7) is 5.24. The van der Waals surface area contributed by atoms with Gasteiger partial charge in [0.05, 0.1) is 23.4 Å². The van der Waals surface area contributed by atoms with Crippen molar-refractivity contribution in [2.24, 2.45) is 5.10 Å². The Morgan fingerprint density at radius 3 is 2.11 bits per heavy atom. The first-order valence-corrected chi connectivity index (χ1v) is 15.3. The molecule has 0 aromatic heterocycles. The largest absolute Gasteiger partial charge is 0.492 e. The van der Waals surface area contributed by atoms with Crippen LogP contribution in [0.15, 0.2) is 107 Å². The van der Waals surface area contributed by atoms with Gasteiger partial charge in [0.15, 0.2) is 6.61 Å². The maximum Gasteiger partial charge on any atom is 0.264 e. The number of aryl methyl sites for hydroxylation is 2. The van der Waals surface area contributed by atoms with Crippen LogP contribution in [-0.4, -0.2) is 46.2 Å². The number of para-hydroxylation sites is 2. The number of hydrazone groups is 1. The Morgan fingerprint density at radius 1 is 0.818 bits per heavy atom. The summed E-state index contributed by atoms with van der Waals surface area (Å²) in [5, 5.41) is 6.76. The SMILES string of the molecule is CCOc1ccccc1N(CC(=O)N/N=C\c1ccc(OCC(=O)Nc2ccc(C)cc2)cc1)S(=O)(=O)c1ccc(C)cc1. The molecule has 10 nitrogen and oxygen atoms in total. The highest BCUT2D eigenvalue weighted by atomic mass is 32.2. The van der Waals surface area contributed by atoms with E-state index in [0.717, 1.165) is 15.4 Å². The van der Waals surface area contributed by atoms with Gasteiger partial charge < -0.3 is 14.8 Å². The average molecular weight is 615 g/mol. The molecular formula is C33H34N4O6S. The van der Waals surface area contributed by atoms with Gasteiger partial charge in [0.1, 0.15) is 18.0 Å². The summed E-state index contributed by atoms with van der Waals surface area (Å²) >= 11 is 0. The summed E-state index contributed by atoms with van der Waals surface area (Å²) in [7, 11) is -4.12. The Hall–Kier alpha value is -5.16. The first-order valence-electron chi connectivity index (χ1n) is 13.9. The van der Waals surface area contributed by atoms with E-state index < -0.39 is 22.5 Å². The number of nitrogens with one attached hydrogen (secondary N) is 2. The molecule has 0 aliphatic carbocycles. The molecule has 0 saturated heterocycles. The number of benzene rings is 4. The van der Waals surface area contributed by atoms with Gasteiger partial charge in [-0.1, -0.05) is 47.5 Å². The van der Waals surface area contributed by atoms with Crippen molar-refractivity contribution in [2.75, 3.05) is 29.4 Å². The van der Waals surface area contributed by atoms with Crippen LogP contribution in [0, 0.1) is 13.8 Å². The van der Waals surface area contributed by atoms with Crippen LogP contribution in [0.1, 0.15) is 23.6 Å². The first-order chi connectivity index (χ1) is 21.2. The molecule has 44 heavy (non-hydrogen) atoms. The number of carbonyl (C=O) groups is 2. The van der Waals surface area contributed by atoms with Crippen LogP contribution in [0.2, 0.25) is 0 Å². The highest BCUT2D eigenvalue weighted by Crippen LogP contribution is 2.32. The number of ether oxygens (including phenoxy) is 2. The highest BCUT2D eigenvalue weighted by Gasteiger charge is 2.29. The second kappa shape index (κ2) is 14.8. The number of anilines is 2. The van der Waals surface area contributed by atoms with Crippen molar-refractivity contribution in [1.29, 1.82) is 0 Å². The summed E-state index contributed by atoms with van der Waals surface area (Å²) < 4.78 is 39.6. The minimum absolute atomic E-state index is 0.0423. The van der Waals surface area contributed by atoms with Crippen LogP contribution in [0.25, 0.3) is 0 Å². The van der Waals surface area contributed by atoms with E-state index in [9.17, 15) is 18.0 Å². The van der Waals surface area contributed by atoms with Gasteiger partial charge >= 0.3 is 0 Å². The molecule has 2 amide bonds. The Kier molecular flexibility index (Phi) is 10.7. The molecule has 0 aliphatic heterocycles. The van der Waals surface area contributed by atoms with Crippen LogP contribution in [0.5, 0.6) is 11.5 Å².